The third kappa shape index (κ3) is 4.83. The van der Waals surface area contributed by atoms with Gasteiger partial charge in [-0.1, -0.05) is 44.0 Å². The number of carbonyl (C=O) groups is 2. The maximum absolute atomic E-state index is 12.4. The van der Waals surface area contributed by atoms with E-state index in [1.54, 1.807) is 14.0 Å². The summed E-state index contributed by atoms with van der Waals surface area (Å²) < 4.78 is 10.5. The van der Waals surface area contributed by atoms with Gasteiger partial charge in [0.05, 0.1) is 13.0 Å². The predicted molar refractivity (Wildman–Crippen MR) is 109 cm³/mol. The lowest BCUT2D eigenvalue weighted by molar-refractivity contribution is -0.150. The second-order valence-corrected chi connectivity index (χ2v) is 7.74. The van der Waals surface area contributed by atoms with Crippen LogP contribution in [0.4, 0.5) is 0 Å². The number of carbonyl (C=O) groups excluding carboxylic acids is 2. The van der Waals surface area contributed by atoms with E-state index in [-0.39, 0.29) is 24.5 Å². The summed E-state index contributed by atoms with van der Waals surface area (Å²) in [6.45, 7) is 3.73. The topological polar surface area (TPSA) is 64.6 Å². The smallest absolute Gasteiger partial charge is 0.313 e. The number of amides is 1. The third-order valence-corrected chi connectivity index (χ3v) is 5.73. The lowest BCUT2D eigenvalue weighted by Crippen LogP contribution is -2.43. The van der Waals surface area contributed by atoms with Crippen LogP contribution in [0.15, 0.2) is 36.4 Å². The van der Waals surface area contributed by atoms with E-state index < -0.39 is 5.92 Å². The van der Waals surface area contributed by atoms with Crippen molar-refractivity contribution >= 4 is 22.6 Å². The van der Waals surface area contributed by atoms with Gasteiger partial charge in [-0.05, 0) is 54.2 Å². The van der Waals surface area contributed by atoms with Crippen molar-refractivity contribution in [2.75, 3.05) is 13.7 Å². The van der Waals surface area contributed by atoms with Crippen LogP contribution in [0, 0.1) is 5.92 Å². The minimum absolute atomic E-state index is 0.190. The van der Waals surface area contributed by atoms with E-state index in [2.05, 4.69) is 12.2 Å². The summed E-state index contributed by atoms with van der Waals surface area (Å²) in [5.41, 5.74) is 0.865. The summed E-state index contributed by atoms with van der Waals surface area (Å²) in [5.74, 6) is 0.229. The number of ether oxygens (including phenoxy) is 2. The highest BCUT2D eigenvalue weighted by Crippen LogP contribution is 2.26. The van der Waals surface area contributed by atoms with E-state index in [0.29, 0.717) is 5.92 Å². The van der Waals surface area contributed by atoms with Crippen LogP contribution in [-0.4, -0.2) is 31.6 Å². The number of methoxy groups -OCH3 is 1. The summed E-state index contributed by atoms with van der Waals surface area (Å²) >= 11 is 0. The Morgan fingerprint density at radius 2 is 1.82 bits per heavy atom. The Kier molecular flexibility index (Phi) is 6.55. The third-order valence-electron chi connectivity index (χ3n) is 5.73. The fraction of sp³-hybridized carbons (Fsp3) is 0.478. The highest BCUT2D eigenvalue weighted by molar-refractivity contribution is 5.87. The molecule has 0 unspecified atom stereocenters. The molecule has 150 valence electrons. The van der Waals surface area contributed by atoms with Gasteiger partial charge in [0.15, 0.2) is 6.61 Å². The van der Waals surface area contributed by atoms with Gasteiger partial charge in [0, 0.05) is 6.04 Å². The molecule has 2 aromatic carbocycles. The normalized spacial score (nSPS) is 20.4. The summed E-state index contributed by atoms with van der Waals surface area (Å²) in [5, 5.41) is 5.09. The Balaban J connectivity index is 1.56. The molecule has 0 saturated heterocycles. The van der Waals surface area contributed by atoms with Crippen LogP contribution in [0.2, 0.25) is 0 Å². The van der Waals surface area contributed by atoms with Crippen molar-refractivity contribution in [1.82, 2.24) is 5.32 Å². The van der Waals surface area contributed by atoms with E-state index in [1.165, 1.54) is 6.42 Å². The van der Waals surface area contributed by atoms with Gasteiger partial charge in [-0.2, -0.15) is 0 Å². The average molecular weight is 383 g/mol. The van der Waals surface area contributed by atoms with Crippen molar-refractivity contribution in [3.8, 4) is 5.75 Å². The molecule has 5 nitrogen and oxygen atoms in total. The Morgan fingerprint density at radius 1 is 1.11 bits per heavy atom. The quantitative estimate of drug-likeness (QED) is 0.760. The lowest BCUT2D eigenvalue weighted by Gasteiger charge is -2.29. The van der Waals surface area contributed by atoms with Crippen molar-refractivity contribution in [2.24, 2.45) is 5.92 Å². The van der Waals surface area contributed by atoms with Gasteiger partial charge in [-0.15, -0.1) is 0 Å². The standard InChI is InChI=1S/C23H29NO4/c1-15-6-4-5-7-21(15)24-22(25)14-28-23(26)16(2)17-8-9-19-13-20(27-3)11-10-18(19)12-17/h8-13,15-16,21H,4-7,14H2,1-3H3,(H,24,25)/t15-,16-,21-/m0/s1. The van der Waals surface area contributed by atoms with Crippen LogP contribution in [0.1, 0.15) is 51.0 Å². The van der Waals surface area contributed by atoms with Gasteiger partial charge in [0.1, 0.15) is 5.75 Å². The zero-order valence-electron chi connectivity index (χ0n) is 16.9. The molecule has 1 saturated carbocycles. The monoisotopic (exact) mass is 383 g/mol. The first-order chi connectivity index (χ1) is 13.5. The van der Waals surface area contributed by atoms with Gasteiger partial charge in [0.25, 0.3) is 5.91 Å². The van der Waals surface area contributed by atoms with Crippen LogP contribution in [0.3, 0.4) is 0 Å². The second kappa shape index (κ2) is 9.09. The first-order valence-corrected chi connectivity index (χ1v) is 10.0. The highest BCUT2D eigenvalue weighted by atomic mass is 16.5. The summed E-state index contributed by atoms with van der Waals surface area (Å²) in [7, 11) is 1.64. The van der Waals surface area contributed by atoms with Gasteiger partial charge in [0.2, 0.25) is 0 Å². The first-order valence-electron chi connectivity index (χ1n) is 10.0. The SMILES string of the molecule is COc1ccc2cc([C@H](C)C(=O)OCC(=O)N[C@H]3CCCC[C@@H]3C)ccc2c1. The maximum Gasteiger partial charge on any atom is 0.313 e. The first kappa shape index (κ1) is 20.2. The summed E-state index contributed by atoms with van der Waals surface area (Å²) in [6.07, 6.45) is 4.49. The van der Waals surface area contributed by atoms with E-state index >= 15 is 0 Å². The van der Waals surface area contributed by atoms with Crippen LogP contribution < -0.4 is 10.1 Å². The fourth-order valence-electron chi connectivity index (χ4n) is 3.82. The highest BCUT2D eigenvalue weighted by Gasteiger charge is 2.24. The molecule has 2 aromatic rings. The Labute approximate surface area is 166 Å². The molecule has 0 aromatic heterocycles. The van der Waals surface area contributed by atoms with Crippen molar-refractivity contribution in [2.45, 2.75) is 51.5 Å². The van der Waals surface area contributed by atoms with Gasteiger partial charge in [-0.25, -0.2) is 0 Å². The Bertz CT molecular complexity index is 848. The molecule has 5 heteroatoms. The second-order valence-electron chi connectivity index (χ2n) is 7.74. The molecule has 0 radical (unpaired) electrons. The van der Waals surface area contributed by atoms with Crippen LogP contribution in [-0.2, 0) is 14.3 Å². The van der Waals surface area contributed by atoms with Crippen molar-refractivity contribution < 1.29 is 19.1 Å². The van der Waals surface area contributed by atoms with Crippen molar-refractivity contribution in [3.63, 3.8) is 0 Å². The minimum Gasteiger partial charge on any atom is -0.497 e. The van der Waals surface area contributed by atoms with Crippen LogP contribution in [0.25, 0.3) is 10.8 Å². The number of fused-ring (bicyclic) bond motifs is 1. The van der Waals surface area contributed by atoms with Gasteiger partial charge < -0.3 is 14.8 Å². The molecule has 28 heavy (non-hydrogen) atoms. The maximum atomic E-state index is 12.4. The molecule has 0 aliphatic heterocycles. The molecule has 1 fully saturated rings. The number of rotatable bonds is 6. The Morgan fingerprint density at radius 3 is 2.57 bits per heavy atom. The molecule has 0 spiro atoms. The predicted octanol–water partition coefficient (Wildman–Crippen LogP) is 4.19. The average Bonchev–Trinajstić information content (AvgIpc) is 2.72. The van der Waals surface area contributed by atoms with Crippen molar-refractivity contribution in [1.29, 1.82) is 0 Å². The molecule has 1 aliphatic carbocycles. The van der Waals surface area contributed by atoms with E-state index in [0.717, 1.165) is 41.3 Å². The zero-order valence-corrected chi connectivity index (χ0v) is 16.9. The molecular formula is C23H29NO4. The van der Waals surface area contributed by atoms with Crippen molar-refractivity contribution in [3.05, 3.63) is 42.0 Å². The summed E-state index contributed by atoms with van der Waals surface area (Å²) in [6, 6.07) is 11.9. The van der Waals surface area contributed by atoms with Crippen LogP contribution >= 0.6 is 0 Å². The number of nitrogens with one attached hydrogen (secondary N) is 1. The Hall–Kier alpha value is -2.56. The minimum atomic E-state index is -0.437. The molecule has 1 N–H and O–H groups in total. The van der Waals surface area contributed by atoms with Gasteiger partial charge in [-0.3, -0.25) is 9.59 Å². The molecule has 3 rings (SSSR count). The summed E-state index contributed by atoms with van der Waals surface area (Å²) in [4.78, 5) is 24.6. The largest absolute Gasteiger partial charge is 0.497 e. The molecule has 0 heterocycles. The van der Waals surface area contributed by atoms with E-state index in [1.807, 2.05) is 36.4 Å². The molecule has 1 aliphatic rings. The number of hydrogen-bond acceptors (Lipinski definition) is 4. The number of benzene rings is 2. The molecule has 3 atom stereocenters. The van der Waals surface area contributed by atoms with E-state index in [4.69, 9.17) is 9.47 Å². The van der Waals surface area contributed by atoms with Gasteiger partial charge >= 0.3 is 5.97 Å². The van der Waals surface area contributed by atoms with Crippen LogP contribution in [0.5, 0.6) is 5.75 Å². The fourth-order valence-corrected chi connectivity index (χ4v) is 3.82. The van der Waals surface area contributed by atoms with E-state index in [9.17, 15) is 9.59 Å². The molecular weight excluding hydrogens is 354 g/mol. The molecule has 1 amide bonds. The number of hydrogen-bond donors (Lipinski definition) is 1. The molecule has 0 bridgehead atoms. The number of esters is 1. The lowest BCUT2D eigenvalue weighted by atomic mass is 9.86. The zero-order chi connectivity index (χ0) is 20.1.